The molecule has 4 nitrogen and oxygen atoms in total. The first kappa shape index (κ1) is 18.9. The van der Waals surface area contributed by atoms with Crippen molar-refractivity contribution in [3.05, 3.63) is 107 Å². The molecule has 0 spiro atoms. The van der Waals surface area contributed by atoms with Crippen LogP contribution >= 0.6 is 11.6 Å². The monoisotopic (exact) mass is 405 g/mol. The number of halogens is 2. The van der Waals surface area contributed by atoms with E-state index in [1.165, 1.54) is 6.07 Å². The molecule has 0 unspecified atom stereocenters. The average molecular weight is 406 g/mol. The summed E-state index contributed by atoms with van der Waals surface area (Å²) in [4.78, 5) is 5.30. The first-order valence-electron chi connectivity index (χ1n) is 9.00. The molecular formula is C23H17ClFN3O. The third-order valence-corrected chi connectivity index (χ3v) is 4.58. The lowest BCUT2D eigenvalue weighted by Crippen LogP contribution is -1.93. The molecule has 0 atom stereocenters. The normalized spacial score (nSPS) is 11.1. The summed E-state index contributed by atoms with van der Waals surface area (Å²) < 4.78 is 15.5. The molecule has 29 heavy (non-hydrogen) atoms. The van der Waals surface area contributed by atoms with E-state index in [0.717, 1.165) is 22.5 Å². The van der Waals surface area contributed by atoms with E-state index < -0.39 is 0 Å². The molecule has 0 radical (unpaired) electrons. The summed E-state index contributed by atoms with van der Waals surface area (Å²) >= 11 is 6.01. The minimum atomic E-state index is -0.318. The lowest BCUT2D eigenvalue weighted by atomic mass is 10.1. The number of hydrogen-bond acceptors (Lipinski definition) is 3. The largest absolute Gasteiger partial charge is 0.391 e. The zero-order valence-corrected chi connectivity index (χ0v) is 16.1. The molecule has 6 heteroatoms. The van der Waals surface area contributed by atoms with Gasteiger partial charge in [-0.15, -0.1) is 0 Å². The standard InChI is InChI=1S/C23H17ClFN3O/c24-20-12-10-17(11-13-20)23-19(15-28(27-23)21-7-2-1-3-8-21)14-26-29-16-18-6-4-5-9-22(18)25/h1-15H,16H2/b26-14+. The molecule has 0 saturated carbocycles. The molecule has 0 amide bonds. The molecular weight excluding hydrogens is 389 g/mol. The van der Waals surface area contributed by atoms with Crippen molar-refractivity contribution in [1.82, 2.24) is 9.78 Å². The van der Waals surface area contributed by atoms with Crippen LogP contribution in [0.2, 0.25) is 5.02 Å². The topological polar surface area (TPSA) is 39.4 Å². The van der Waals surface area contributed by atoms with Crippen LogP contribution in [0.15, 0.2) is 90.2 Å². The van der Waals surface area contributed by atoms with Crippen molar-refractivity contribution < 1.29 is 9.23 Å². The van der Waals surface area contributed by atoms with Crippen molar-refractivity contribution in [3.8, 4) is 16.9 Å². The highest BCUT2D eigenvalue weighted by molar-refractivity contribution is 6.30. The lowest BCUT2D eigenvalue weighted by Gasteiger charge is -2.01. The third-order valence-electron chi connectivity index (χ3n) is 4.33. The first-order valence-corrected chi connectivity index (χ1v) is 9.38. The summed E-state index contributed by atoms with van der Waals surface area (Å²) in [5.74, 6) is -0.318. The molecule has 0 fully saturated rings. The SMILES string of the molecule is Fc1ccccc1CO/N=C/c1cn(-c2ccccc2)nc1-c1ccc(Cl)cc1. The fourth-order valence-corrected chi connectivity index (χ4v) is 2.97. The van der Waals surface area contributed by atoms with Gasteiger partial charge in [-0.05, 0) is 30.3 Å². The van der Waals surface area contributed by atoms with Gasteiger partial charge in [-0.2, -0.15) is 5.10 Å². The van der Waals surface area contributed by atoms with Crippen LogP contribution in [0.25, 0.3) is 16.9 Å². The average Bonchev–Trinajstić information content (AvgIpc) is 3.18. The Kier molecular flexibility index (Phi) is 5.68. The Balaban J connectivity index is 1.61. The maximum absolute atomic E-state index is 13.7. The third kappa shape index (κ3) is 4.52. The van der Waals surface area contributed by atoms with E-state index in [1.54, 1.807) is 29.1 Å². The van der Waals surface area contributed by atoms with Crippen molar-refractivity contribution in [3.63, 3.8) is 0 Å². The number of hydrogen-bond donors (Lipinski definition) is 0. The molecule has 1 heterocycles. The molecule has 0 aliphatic carbocycles. The van der Waals surface area contributed by atoms with Crippen molar-refractivity contribution >= 4 is 17.8 Å². The summed E-state index contributed by atoms with van der Waals surface area (Å²) in [6.45, 7) is 0.0479. The van der Waals surface area contributed by atoms with Crippen LogP contribution in [-0.4, -0.2) is 16.0 Å². The number of para-hydroxylation sites is 1. The van der Waals surface area contributed by atoms with E-state index in [2.05, 4.69) is 5.16 Å². The van der Waals surface area contributed by atoms with E-state index in [-0.39, 0.29) is 12.4 Å². The number of benzene rings is 3. The molecule has 0 saturated heterocycles. The van der Waals surface area contributed by atoms with Crippen LogP contribution in [0.4, 0.5) is 4.39 Å². The van der Waals surface area contributed by atoms with E-state index in [4.69, 9.17) is 21.5 Å². The van der Waals surface area contributed by atoms with Gasteiger partial charge in [0.15, 0.2) is 0 Å². The molecule has 1 aromatic heterocycles. The lowest BCUT2D eigenvalue weighted by molar-refractivity contribution is 0.129. The van der Waals surface area contributed by atoms with Crippen LogP contribution < -0.4 is 0 Å². The number of nitrogens with zero attached hydrogens (tertiary/aromatic N) is 3. The summed E-state index contributed by atoms with van der Waals surface area (Å²) in [6, 6.07) is 23.7. The van der Waals surface area contributed by atoms with Crippen molar-refractivity contribution in [2.24, 2.45) is 5.16 Å². The van der Waals surface area contributed by atoms with E-state index in [9.17, 15) is 4.39 Å². The van der Waals surface area contributed by atoms with E-state index >= 15 is 0 Å². The van der Waals surface area contributed by atoms with Gasteiger partial charge in [-0.25, -0.2) is 9.07 Å². The first-order chi connectivity index (χ1) is 14.2. The maximum Gasteiger partial charge on any atom is 0.145 e. The smallest absolute Gasteiger partial charge is 0.145 e. The fraction of sp³-hybridized carbons (Fsp3) is 0.0435. The summed E-state index contributed by atoms with van der Waals surface area (Å²) in [5, 5.41) is 9.37. The van der Waals surface area contributed by atoms with Gasteiger partial charge < -0.3 is 4.84 Å². The summed E-state index contributed by atoms with van der Waals surface area (Å²) in [7, 11) is 0. The van der Waals surface area contributed by atoms with Gasteiger partial charge in [0.25, 0.3) is 0 Å². The molecule has 0 N–H and O–H groups in total. The van der Waals surface area contributed by atoms with Crippen LogP contribution in [0.1, 0.15) is 11.1 Å². The highest BCUT2D eigenvalue weighted by Crippen LogP contribution is 2.24. The van der Waals surface area contributed by atoms with Crippen molar-refractivity contribution in [1.29, 1.82) is 0 Å². The van der Waals surface area contributed by atoms with Gasteiger partial charge in [0.05, 0.1) is 11.9 Å². The minimum absolute atomic E-state index is 0.0479. The molecule has 0 bridgehead atoms. The highest BCUT2D eigenvalue weighted by Gasteiger charge is 2.11. The number of oxime groups is 1. The molecule has 0 aliphatic heterocycles. The van der Waals surface area contributed by atoms with Crippen LogP contribution in [-0.2, 0) is 11.4 Å². The van der Waals surface area contributed by atoms with Crippen molar-refractivity contribution in [2.75, 3.05) is 0 Å². The van der Waals surface area contributed by atoms with Gasteiger partial charge in [-0.3, -0.25) is 0 Å². The van der Waals surface area contributed by atoms with Crippen LogP contribution in [0, 0.1) is 5.82 Å². The van der Waals surface area contributed by atoms with Gasteiger partial charge in [0.1, 0.15) is 18.1 Å². The number of aromatic nitrogens is 2. The Labute approximate surface area is 172 Å². The van der Waals surface area contributed by atoms with E-state index in [0.29, 0.717) is 10.6 Å². The molecule has 4 rings (SSSR count). The van der Waals surface area contributed by atoms with Gasteiger partial charge in [0.2, 0.25) is 0 Å². The Morgan fingerprint density at radius 1 is 0.966 bits per heavy atom. The molecule has 4 aromatic rings. The molecule has 144 valence electrons. The number of rotatable bonds is 6. The predicted molar refractivity (Wildman–Crippen MR) is 113 cm³/mol. The zero-order valence-electron chi connectivity index (χ0n) is 15.4. The Morgan fingerprint density at radius 3 is 2.45 bits per heavy atom. The maximum atomic E-state index is 13.7. The van der Waals surface area contributed by atoms with E-state index in [1.807, 2.05) is 60.8 Å². The second kappa shape index (κ2) is 8.71. The van der Waals surface area contributed by atoms with Gasteiger partial charge >= 0.3 is 0 Å². The highest BCUT2D eigenvalue weighted by atomic mass is 35.5. The quantitative estimate of drug-likeness (QED) is 0.296. The zero-order chi connectivity index (χ0) is 20.1. The van der Waals surface area contributed by atoms with Crippen LogP contribution in [0.3, 0.4) is 0 Å². The van der Waals surface area contributed by atoms with Crippen LogP contribution in [0.5, 0.6) is 0 Å². The van der Waals surface area contributed by atoms with Gasteiger partial charge in [-0.1, -0.05) is 65.3 Å². The van der Waals surface area contributed by atoms with Crippen molar-refractivity contribution in [2.45, 2.75) is 6.61 Å². The second-order valence-electron chi connectivity index (χ2n) is 6.32. The Hall–Kier alpha value is -3.44. The summed E-state index contributed by atoms with van der Waals surface area (Å²) in [6.07, 6.45) is 3.45. The predicted octanol–water partition coefficient (Wildman–Crippen LogP) is 5.88. The summed E-state index contributed by atoms with van der Waals surface area (Å²) in [5.41, 5.74) is 3.78. The fourth-order valence-electron chi connectivity index (χ4n) is 2.84. The Bertz CT molecular complexity index is 1120. The van der Waals surface area contributed by atoms with Gasteiger partial charge in [0, 0.05) is 27.9 Å². The Morgan fingerprint density at radius 2 is 1.69 bits per heavy atom. The second-order valence-corrected chi connectivity index (χ2v) is 6.76. The minimum Gasteiger partial charge on any atom is -0.391 e. The molecule has 3 aromatic carbocycles. The molecule has 0 aliphatic rings.